The van der Waals surface area contributed by atoms with E-state index in [2.05, 4.69) is 198 Å². The molecule has 341 valence electrons. The predicted molar refractivity (Wildman–Crippen MR) is 277 cm³/mol. The van der Waals surface area contributed by atoms with Crippen LogP contribution in [0.2, 0.25) is 17.3 Å². The van der Waals surface area contributed by atoms with E-state index in [4.69, 9.17) is 14.4 Å². The minimum absolute atomic E-state index is 0. The summed E-state index contributed by atoms with van der Waals surface area (Å²) in [5, 5.41) is 2.02. The Morgan fingerprint density at radius 3 is 2.03 bits per heavy atom. The molecule has 7 heteroatoms. The van der Waals surface area contributed by atoms with Crippen LogP contribution >= 0.6 is 0 Å². The monoisotopic (exact) mass is 1110 g/mol. The van der Waals surface area contributed by atoms with Crippen LogP contribution in [0.15, 0.2) is 126 Å². The number of rotatable bonds is 9. The van der Waals surface area contributed by atoms with Crippen LogP contribution in [0, 0.1) is 25.0 Å². The number of pyridine rings is 2. The van der Waals surface area contributed by atoms with Gasteiger partial charge in [0.1, 0.15) is 0 Å². The van der Waals surface area contributed by atoms with Crippen molar-refractivity contribution in [3.05, 3.63) is 162 Å². The molecule has 9 rings (SSSR count). The zero-order chi connectivity index (χ0) is 46.4. The van der Waals surface area contributed by atoms with Crippen molar-refractivity contribution in [3.8, 4) is 39.5 Å². The molecule has 0 aliphatic rings. The van der Waals surface area contributed by atoms with Gasteiger partial charge in [-0.25, -0.2) is 4.98 Å². The van der Waals surface area contributed by atoms with Gasteiger partial charge in [-0.15, -0.1) is 18.2 Å². The predicted octanol–water partition coefficient (Wildman–Crippen LogP) is 15.6. The number of hydrogen-bond acceptors (Lipinski definition) is 4. The molecule has 4 heterocycles. The van der Waals surface area contributed by atoms with Gasteiger partial charge in [0, 0.05) is 36.9 Å². The second-order valence-corrected chi connectivity index (χ2v) is 31.3. The molecule has 0 atom stereocenters. The Bertz CT molecular complexity index is 3120. The Morgan fingerprint density at radius 2 is 1.38 bits per heavy atom. The molecule has 0 saturated carbocycles. The zero-order valence-electron chi connectivity index (χ0n) is 41.0. The normalized spacial score (nSPS) is 12.1. The van der Waals surface area contributed by atoms with E-state index in [9.17, 15) is 0 Å². The minimum atomic E-state index is -1.91. The molecule has 0 bridgehead atoms. The third kappa shape index (κ3) is 10.1. The molecule has 5 aromatic carbocycles. The molecule has 9 aromatic rings. The summed E-state index contributed by atoms with van der Waals surface area (Å²) in [6, 6.07) is 47.6. The van der Waals surface area contributed by atoms with Gasteiger partial charge in [0.25, 0.3) is 0 Å². The fourth-order valence-electron chi connectivity index (χ4n) is 8.93. The fraction of sp³-hybridized carbons (Fsp3) is 0.305. The van der Waals surface area contributed by atoms with Gasteiger partial charge in [-0.1, -0.05) is 81.1 Å². The minimum Gasteiger partial charge on any atom is -0.486 e. The molecule has 0 saturated heterocycles. The van der Waals surface area contributed by atoms with E-state index < -0.39 is 13.3 Å². The fourth-order valence-corrected chi connectivity index (χ4v) is 12.3. The van der Waals surface area contributed by atoms with E-state index >= 15 is 0 Å². The van der Waals surface area contributed by atoms with Gasteiger partial charge in [-0.2, -0.15) is 0 Å². The Morgan fingerprint density at radius 1 is 0.712 bits per heavy atom. The molecule has 0 aliphatic carbocycles. The van der Waals surface area contributed by atoms with Crippen molar-refractivity contribution in [2.75, 3.05) is 0 Å². The van der Waals surface area contributed by atoms with Crippen LogP contribution in [0.25, 0.3) is 72.6 Å². The Kier molecular flexibility index (Phi) is 14.5. The molecule has 0 N–H and O–H groups in total. The molecule has 1 radical (unpaired) electrons. The number of imidazole rings is 1. The van der Waals surface area contributed by atoms with E-state index in [1.165, 1.54) is 39.1 Å². The first-order valence-electron chi connectivity index (χ1n) is 23.3. The van der Waals surface area contributed by atoms with Crippen LogP contribution in [-0.2, 0) is 31.9 Å². The first-order chi connectivity index (χ1) is 30.9. The van der Waals surface area contributed by atoms with E-state index in [0.717, 1.165) is 62.1 Å². The van der Waals surface area contributed by atoms with Crippen molar-refractivity contribution >= 4 is 50.8 Å². The summed E-state index contributed by atoms with van der Waals surface area (Å²) in [6.07, 6.45) is 3.29. The van der Waals surface area contributed by atoms with E-state index in [-0.39, 0.29) is 25.5 Å². The number of para-hydroxylation sites is 2. The summed E-state index contributed by atoms with van der Waals surface area (Å²) in [6.45, 7) is 22.4. The summed E-state index contributed by atoms with van der Waals surface area (Å²) in [5.41, 5.74) is 16.5. The van der Waals surface area contributed by atoms with E-state index in [0.29, 0.717) is 23.5 Å². The molecule has 0 amide bonds. The maximum atomic E-state index is 6.44. The quantitative estimate of drug-likeness (QED) is 0.107. The van der Waals surface area contributed by atoms with Crippen LogP contribution in [-0.4, -0.2) is 32.8 Å². The van der Waals surface area contributed by atoms with Crippen molar-refractivity contribution in [1.82, 2.24) is 19.5 Å². The molecule has 66 heavy (non-hydrogen) atoms. The van der Waals surface area contributed by atoms with Crippen LogP contribution in [0.3, 0.4) is 0 Å². The topological polar surface area (TPSA) is 56.7 Å². The SMILES string of the molecule is CC(C)Cc1cc(-c2[c-]ccc(C(C)(C)C)c2)nc[c]1[Ge]([CH3])([CH3])[CH3].Cc1ccc2c(n1)oc1c(-c3nc4ccccc4n3-c3c(C(C)C)cc(-c4ccccc4)cc3C(C)C)[c-]ccc12.[Ir]. The van der Waals surface area contributed by atoms with Gasteiger partial charge in [0.2, 0.25) is 5.71 Å². The second kappa shape index (κ2) is 19.6. The number of nitrogens with zero attached hydrogens (tertiary/aromatic N) is 4. The first-order valence-corrected chi connectivity index (χ1v) is 30.7. The van der Waals surface area contributed by atoms with Gasteiger partial charge in [0.15, 0.2) is 0 Å². The number of aryl methyl sites for hydroxylation is 1. The van der Waals surface area contributed by atoms with Crippen molar-refractivity contribution in [2.24, 2.45) is 5.92 Å². The number of furan rings is 1. The van der Waals surface area contributed by atoms with Crippen LogP contribution in [0.4, 0.5) is 0 Å². The maximum Gasteiger partial charge on any atom is 0.216 e. The zero-order valence-corrected chi connectivity index (χ0v) is 45.5. The van der Waals surface area contributed by atoms with Crippen molar-refractivity contribution in [2.45, 2.75) is 110 Å². The van der Waals surface area contributed by atoms with Gasteiger partial charge in [-0.3, -0.25) is 4.98 Å². The van der Waals surface area contributed by atoms with Crippen LogP contribution < -0.4 is 4.40 Å². The average Bonchev–Trinajstić information content (AvgIpc) is 3.83. The molecular weight excluding hydrogens is 1050 g/mol. The van der Waals surface area contributed by atoms with Gasteiger partial charge in [-0.05, 0) is 77.4 Å². The largest absolute Gasteiger partial charge is 0.486 e. The number of hydrogen-bond donors (Lipinski definition) is 0. The maximum absolute atomic E-state index is 6.44. The number of aromatic nitrogens is 4. The third-order valence-corrected chi connectivity index (χ3v) is 16.7. The first kappa shape index (κ1) is 48.8. The molecule has 0 spiro atoms. The van der Waals surface area contributed by atoms with E-state index in [1.807, 2.05) is 31.2 Å². The summed E-state index contributed by atoms with van der Waals surface area (Å²) < 4.78 is 10.3. The summed E-state index contributed by atoms with van der Waals surface area (Å²) in [7, 11) is 0. The molecule has 4 aromatic heterocycles. The van der Waals surface area contributed by atoms with Crippen molar-refractivity contribution in [1.29, 1.82) is 0 Å². The van der Waals surface area contributed by atoms with Crippen molar-refractivity contribution < 1.29 is 24.5 Å². The standard InChI is InChI=1S/C37H32N3O.C22H32GeN.Ir/c1-22(2)30-20-26(25-12-7-6-8-13-25)21-31(23(3)4)34(30)40-33-17-10-9-16-32(33)39-36(40)29-15-11-14-27-28-19-18-24(5)38-37(28)41-35(27)29;1-16(2)12-18-14-21(24-15-20(18)23(6,7)8)17-10-9-11-19(13-17)22(3,4)5;/h6-14,16-23H,1-5H3;9,11,13-16H,12H2,1-8H3;/q2*-1;. The van der Waals surface area contributed by atoms with Crippen LogP contribution in [0.5, 0.6) is 0 Å². The molecule has 0 unspecified atom stereocenters. The third-order valence-electron chi connectivity index (χ3n) is 12.3. The second-order valence-electron chi connectivity index (χ2n) is 20.8. The summed E-state index contributed by atoms with van der Waals surface area (Å²) >= 11 is -1.91. The molecular formula is C59H64GeIrN4O-2. The smallest absolute Gasteiger partial charge is 0.216 e. The number of fused-ring (bicyclic) bond motifs is 4. The Balaban J connectivity index is 0.000000223. The Hall–Kier alpha value is -5.14. The summed E-state index contributed by atoms with van der Waals surface area (Å²) in [4.78, 5) is 14.7. The average molecular weight is 1110 g/mol. The van der Waals surface area contributed by atoms with E-state index in [1.54, 1.807) is 4.40 Å². The van der Waals surface area contributed by atoms with Crippen LogP contribution in [0.1, 0.15) is 102 Å². The van der Waals surface area contributed by atoms with Gasteiger partial charge >= 0.3 is 151 Å². The summed E-state index contributed by atoms with van der Waals surface area (Å²) in [5.74, 6) is 9.42. The van der Waals surface area contributed by atoms with Crippen molar-refractivity contribution in [3.63, 3.8) is 0 Å². The molecule has 0 aliphatic heterocycles. The van der Waals surface area contributed by atoms with Gasteiger partial charge < -0.3 is 8.98 Å². The molecule has 5 nitrogen and oxygen atoms in total. The molecule has 0 fully saturated rings. The Labute approximate surface area is 409 Å². The van der Waals surface area contributed by atoms with Gasteiger partial charge in [0.05, 0.1) is 22.4 Å². The number of benzene rings is 5.